The third-order valence-corrected chi connectivity index (χ3v) is 19.5. The number of hydrogen-bond acceptors (Lipinski definition) is 12. The minimum Gasteiger partial charge on any atom is -0.497 e. The molecule has 6 aromatic carbocycles. The van der Waals surface area contributed by atoms with Crippen LogP contribution in [0.4, 0.5) is 0 Å². The summed E-state index contributed by atoms with van der Waals surface area (Å²) in [5.41, 5.74) is 2.50. The third kappa shape index (κ3) is 16.7. The van der Waals surface area contributed by atoms with E-state index in [0.717, 1.165) is 43.3 Å². The summed E-state index contributed by atoms with van der Waals surface area (Å²) >= 11 is 11.4. The zero-order valence-electron chi connectivity index (χ0n) is 37.8. The van der Waals surface area contributed by atoms with Gasteiger partial charge in [0.1, 0.15) is 35.6 Å². The average Bonchev–Trinajstić information content (AvgIpc) is 3.34. The van der Waals surface area contributed by atoms with Gasteiger partial charge in [0, 0.05) is 36.6 Å². The molecule has 6 aromatic rings. The second-order valence-corrected chi connectivity index (χ2v) is 26.4. The van der Waals surface area contributed by atoms with Gasteiger partial charge in [0.25, 0.3) is 0 Å². The Morgan fingerprint density at radius 2 is 0.971 bits per heavy atom. The Bertz CT molecular complexity index is 2790. The number of hydrogen-bond donors (Lipinski definition) is 4. The molecule has 6 rings (SSSR count). The predicted octanol–water partition coefficient (Wildman–Crippen LogP) is 8.03. The van der Waals surface area contributed by atoms with Crippen molar-refractivity contribution in [2.24, 2.45) is 14.9 Å². The highest BCUT2D eigenvalue weighted by Gasteiger charge is 2.28. The predicted molar refractivity (Wildman–Crippen MR) is 287 cm³/mol. The van der Waals surface area contributed by atoms with Gasteiger partial charge in [0.15, 0.2) is 6.73 Å². The van der Waals surface area contributed by atoms with Crippen molar-refractivity contribution in [3.63, 3.8) is 0 Å². The number of nitrogens with zero attached hydrogens (tertiary/aromatic N) is 6. The molecule has 0 saturated heterocycles. The Morgan fingerprint density at radius 1 is 0.565 bits per heavy atom. The molecule has 23 heteroatoms. The summed E-state index contributed by atoms with van der Waals surface area (Å²) in [6.45, 7) is 0.110. The molecule has 0 spiro atoms. The molecule has 0 radical (unpaired) electrons. The van der Waals surface area contributed by atoms with Crippen LogP contribution in [-0.2, 0) is 39.2 Å². The first-order valence-electron chi connectivity index (χ1n) is 21.1. The number of methoxy groups -OCH3 is 1. The van der Waals surface area contributed by atoms with Crippen molar-refractivity contribution in [2.45, 2.75) is 6.42 Å². The van der Waals surface area contributed by atoms with E-state index in [4.69, 9.17) is 46.9 Å². The maximum absolute atomic E-state index is 11.5. The first-order valence-corrected chi connectivity index (χ1v) is 31.4. The molecule has 0 aliphatic rings. The molecule has 364 valence electrons. The number of hydrazone groups is 2. The molecule has 0 heterocycles. The van der Waals surface area contributed by atoms with Crippen LogP contribution in [0, 0.1) is 0 Å². The van der Waals surface area contributed by atoms with Crippen LogP contribution in [0.5, 0.6) is 23.0 Å². The SMILES string of the molecule is COc1ccc(C=NN(C)[PH](=S)Oc2ccc(P(=NCOc3ccc(C=NN(C)[PH](=S)Oc4ccc(CCN(CP(=O)(O)O)CP(=O)(O)O)cc4)cc3)(c3ccccc3)c3ccccc3)cc2)cc1. The maximum Gasteiger partial charge on any atom is 0.339 e. The lowest BCUT2D eigenvalue weighted by atomic mass is 10.1. The summed E-state index contributed by atoms with van der Waals surface area (Å²) in [5.74, 6) is 2.54. The fourth-order valence-corrected chi connectivity index (χ4v) is 13.9. The second-order valence-electron chi connectivity index (χ2n) is 15.2. The Labute approximate surface area is 413 Å². The summed E-state index contributed by atoms with van der Waals surface area (Å²) in [6.07, 6.45) is 2.20. The summed E-state index contributed by atoms with van der Waals surface area (Å²) in [5, 5.41) is 12.2. The fraction of sp³-hybridized carbons (Fsp3) is 0.174. The van der Waals surface area contributed by atoms with Crippen LogP contribution in [-0.4, -0.2) is 93.5 Å². The van der Waals surface area contributed by atoms with Crippen molar-refractivity contribution < 1.29 is 47.2 Å². The Kier molecular flexibility index (Phi) is 19.7. The smallest absolute Gasteiger partial charge is 0.339 e. The number of rotatable bonds is 24. The van der Waals surface area contributed by atoms with Crippen molar-refractivity contribution in [1.82, 2.24) is 14.5 Å². The molecule has 0 saturated carbocycles. The number of benzene rings is 6. The van der Waals surface area contributed by atoms with Crippen LogP contribution in [0.25, 0.3) is 0 Å². The van der Waals surface area contributed by atoms with E-state index in [1.165, 1.54) is 0 Å². The lowest BCUT2D eigenvalue weighted by Gasteiger charge is -2.27. The van der Waals surface area contributed by atoms with E-state index >= 15 is 0 Å². The molecule has 69 heavy (non-hydrogen) atoms. The minimum atomic E-state index is -4.52. The topological polar surface area (TPSA) is 199 Å². The van der Waals surface area contributed by atoms with Gasteiger partial charge in [-0.1, -0.05) is 72.8 Å². The highest BCUT2D eigenvalue weighted by Crippen LogP contribution is 2.47. The molecule has 0 amide bonds. The molecule has 0 aromatic heterocycles. The van der Waals surface area contributed by atoms with Gasteiger partial charge in [-0.05, 0) is 132 Å². The molecule has 4 N–H and O–H groups in total. The van der Waals surface area contributed by atoms with Gasteiger partial charge in [0.05, 0.1) is 26.6 Å². The Hall–Kier alpha value is -4.75. The molecular weight excluding hydrogens is 1020 g/mol. The minimum absolute atomic E-state index is 0.0327. The first kappa shape index (κ1) is 53.6. The molecule has 0 aliphatic carbocycles. The second kappa shape index (κ2) is 25.4. The van der Waals surface area contributed by atoms with Crippen molar-refractivity contribution in [3.05, 3.63) is 174 Å². The van der Waals surface area contributed by atoms with E-state index in [0.29, 0.717) is 23.7 Å². The quantitative estimate of drug-likeness (QED) is 0.0258. The van der Waals surface area contributed by atoms with Gasteiger partial charge >= 0.3 is 15.2 Å². The van der Waals surface area contributed by atoms with E-state index in [-0.39, 0.29) is 13.3 Å². The van der Waals surface area contributed by atoms with E-state index in [9.17, 15) is 28.7 Å². The van der Waals surface area contributed by atoms with E-state index in [1.54, 1.807) is 60.4 Å². The Balaban J connectivity index is 1.09. The first-order chi connectivity index (χ1) is 33.0. The maximum atomic E-state index is 11.5. The highest BCUT2D eigenvalue weighted by atomic mass is 32.4. The van der Waals surface area contributed by atoms with Gasteiger partial charge in [-0.3, -0.25) is 18.8 Å². The molecule has 2 unspecified atom stereocenters. The molecule has 16 nitrogen and oxygen atoms in total. The van der Waals surface area contributed by atoms with E-state index in [2.05, 4.69) is 46.6 Å². The summed E-state index contributed by atoms with van der Waals surface area (Å²) in [6, 6.07) is 50.5. The van der Waals surface area contributed by atoms with Crippen LogP contribution in [0.3, 0.4) is 0 Å². The lowest BCUT2D eigenvalue weighted by molar-refractivity contribution is 0.279. The summed E-state index contributed by atoms with van der Waals surface area (Å²) < 4.78 is 55.4. The normalized spacial score (nSPS) is 13.0. The van der Waals surface area contributed by atoms with Crippen LogP contribution < -0.4 is 34.4 Å². The highest BCUT2D eigenvalue weighted by molar-refractivity contribution is 8.02. The van der Waals surface area contributed by atoms with Gasteiger partial charge in [0.2, 0.25) is 14.1 Å². The van der Waals surface area contributed by atoms with E-state index in [1.807, 2.05) is 104 Å². The monoisotopic (exact) mass is 1070 g/mol. The fourth-order valence-electron chi connectivity index (χ4n) is 6.69. The van der Waals surface area contributed by atoms with E-state index < -0.39 is 49.0 Å². The van der Waals surface area contributed by atoms with Gasteiger partial charge < -0.3 is 38.1 Å². The van der Waals surface area contributed by atoms with Crippen molar-refractivity contribution in [1.29, 1.82) is 0 Å². The molecular formula is C46H53N6O10P5S2. The zero-order chi connectivity index (χ0) is 49.4. The summed E-state index contributed by atoms with van der Waals surface area (Å²) in [4.78, 5) is 38.4. The lowest BCUT2D eigenvalue weighted by Crippen LogP contribution is -2.28. The van der Waals surface area contributed by atoms with Crippen molar-refractivity contribution in [2.75, 3.05) is 47.1 Å². The Morgan fingerprint density at radius 3 is 1.41 bits per heavy atom. The standard InChI is InChI=1S/C46H53N6O10P5S2/c1-50(63(68)61-42-24-14-37(15-25-42)30-31-52(35-65(53,54)55)36-66(56,57)58)48-33-39-18-22-41(23-19-39)60-34-49-67(44-10-6-4-7-11-44,45-12-8-5-9-13-45)46-28-26-43(27-29-46)62-64(69)51(2)47-32-38-16-20-40(59-3)21-17-38/h4-29,32-33,63-64H,30-31,34-36H2,1-3H3,(H2,53,54,55)(H2,56,57,58). The van der Waals surface area contributed by atoms with Crippen LogP contribution in [0.1, 0.15) is 16.7 Å². The average molecular weight is 1070 g/mol. The van der Waals surface area contributed by atoms with Crippen molar-refractivity contribution >= 4 is 88.4 Å². The molecule has 0 fully saturated rings. The number of ether oxygens (including phenoxy) is 2. The van der Waals surface area contributed by atoms with Gasteiger partial charge in [-0.2, -0.15) is 10.2 Å². The molecule has 0 bridgehead atoms. The molecule has 2 atom stereocenters. The van der Waals surface area contributed by atoms with Crippen molar-refractivity contribution in [3.8, 4) is 23.0 Å². The van der Waals surface area contributed by atoms with Crippen LogP contribution in [0.2, 0.25) is 0 Å². The van der Waals surface area contributed by atoms with Crippen LogP contribution in [0.15, 0.2) is 173 Å². The van der Waals surface area contributed by atoms with Crippen LogP contribution >= 0.6 is 36.4 Å². The summed E-state index contributed by atoms with van der Waals surface area (Å²) in [7, 11) is -10.4. The van der Waals surface area contributed by atoms with Gasteiger partial charge in [-0.25, -0.2) is 9.56 Å². The van der Waals surface area contributed by atoms with Gasteiger partial charge in [-0.15, -0.1) is 0 Å². The largest absolute Gasteiger partial charge is 0.497 e. The third-order valence-electron chi connectivity index (χ3n) is 10.1. The molecule has 0 aliphatic heterocycles. The zero-order valence-corrected chi connectivity index (χ0v) is 44.1.